The van der Waals surface area contributed by atoms with Crippen molar-refractivity contribution in [1.29, 1.82) is 0 Å². The second-order valence-electron chi connectivity index (χ2n) is 5.89. The Bertz CT molecular complexity index is 694. The Labute approximate surface area is 147 Å². The first-order valence-electron chi connectivity index (χ1n) is 8.64. The van der Waals surface area contributed by atoms with Gasteiger partial charge in [-0.2, -0.15) is 0 Å². The minimum Gasteiger partial charge on any atom is -0.349 e. The van der Waals surface area contributed by atoms with Crippen LogP contribution < -0.4 is 10.6 Å². The van der Waals surface area contributed by atoms with E-state index in [1.54, 1.807) is 6.33 Å². The topological polar surface area (TPSA) is 88.9 Å². The van der Waals surface area contributed by atoms with Gasteiger partial charge in [0.1, 0.15) is 6.33 Å². The number of amides is 2. The minimum absolute atomic E-state index is 0.00387. The molecule has 134 valence electrons. The fraction of sp³-hybridized carbons (Fsp3) is 0.444. The Hall–Kier alpha value is -2.70. The van der Waals surface area contributed by atoms with Crippen LogP contribution in [0.3, 0.4) is 0 Å². The summed E-state index contributed by atoms with van der Waals surface area (Å²) >= 11 is 0. The van der Waals surface area contributed by atoms with Gasteiger partial charge in [0.15, 0.2) is 5.82 Å². The average molecular weight is 343 g/mol. The summed E-state index contributed by atoms with van der Waals surface area (Å²) < 4.78 is 1.94. The summed E-state index contributed by atoms with van der Waals surface area (Å²) in [4.78, 5) is 23.6. The van der Waals surface area contributed by atoms with Crippen molar-refractivity contribution in [3.8, 4) is 0 Å². The van der Waals surface area contributed by atoms with Crippen molar-refractivity contribution in [1.82, 2.24) is 20.1 Å². The van der Waals surface area contributed by atoms with Crippen molar-refractivity contribution < 1.29 is 9.59 Å². The van der Waals surface area contributed by atoms with Gasteiger partial charge in [-0.05, 0) is 30.5 Å². The summed E-state index contributed by atoms with van der Waals surface area (Å²) in [5.41, 5.74) is 1.64. The molecule has 1 heterocycles. The van der Waals surface area contributed by atoms with Crippen LogP contribution in [0.5, 0.6) is 0 Å². The number of nitrogens with zero attached hydrogens (tertiary/aromatic N) is 3. The number of aromatic nitrogens is 3. The largest absolute Gasteiger partial charge is 0.349 e. The molecule has 7 heteroatoms. The van der Waals surface area contributed by atoms with Crippen molar-refractivity contribution >= 4 is 17.5 Å². The van der Waals surface area contributed by atoms with E-state index in [2.05, 4.69) is 27.8 Å². The number of aryl methyl sites for hydroxylation is 1. The number of carbonyl (C=O) groups is 2. The number of rotatable bonds is 9. The van der Waals surface area contributed by atoms with E-state index in [9.17, 15) is 9.59 Å². The standard InChI is InChI=1S/C18H25N5O2/c1-3-5-17(24)21-15-8-6-14(7-9-15)11-18(25)19-12-16-22-20-13-23(16)10-4-2/h6-9,13H,3-5,10-12H2,1-2H3,(H,19,25)(H,21,24). The van der Waals surface area contributed by atoms with Gasteiger partial charge >= 0.3 is 0 Å². The van der Waals surface area contributed by atoms with Gasteiger partial charge in [0.2, 0.25) is 11.8 Å². The monoisotopic (exact) mass is 343 g/mol. The number of hydrogen-bond acceptors (Lipinski definition) is 4. The zero-order chi connectivity index (χ0) is 18.1. The Balaban J connectivity index is 1.82. The third-order valence-electron chi connectivity index (χ3n) is 3.68. The van der Waals surface area contributed by atoms with Crippen LogP contribution in [0.1, 0.15) is 44.5 Å². The first-order valence-corrected chi connectivity index (χ1v) is 8.64. The highest BCUT2D eigenvalue weighted by Gasteiger charge is 2.08. The molecule has 0 spiro atoms. The fourth-order valence-corrected chi connectivity index (χ4v) is 2.43. The summed E-state index contributed by atoms with van der Waals surface area (Å²) in [6.07, 6.45) is 4.27. The molecule has 0 radical (unpaired) electrons. The average Bonchev–Trinajstić information content (AvgIpc) is 3.03. The van der Waals surface area contributed by atoms with E-state index in [0.717, 1.165) is 36.5 Å². The number of hydrogen-bond donors (Lipinski definition) is 2. The molecule has 7 nitrogen and oxygen atoms in total. The maximum Gasteiger partial charge on any atom is 0.224 e. The van der Waals surface area contributed by atoms with Crippen LogP contribution in [0, 0.1) is 0 Å². The van der Waals surface area contributed by atoms with E-state index in [1.165, 1.54) is 0 Å². The van der Waals surface area contributed by atoms with Crippen LogP contribution in [0.2, 0.25) is 0 Å². The van der Waals surface area contributed by atoms with Crippen molar-refractivity contribution in [3.05, 3.63) is 42.0 Å². The van der Waals surface area contributed by atoms with Crippen molar-refractivity contribution in [2.75, 3.05) is 5.32 Å². The maximum atomic E-state index is 12.1. The summed E-state index contributed by atoms with van der Waals surface area (Å²) in [5.74, 6) is 0.683. The molecule has 0 bridgehead atoms. The van der Waals surface area contributed by atoms with Gasteiger partial charge in [0.05, 0.1) is 13.0 Å². The second kappa shape index (κ2) is 9.56. The van der Waals surface area contributed by atoms with Crippen molar-refractivity contribution in [2.45, 2.75) is 52.6 Å². The highest BCUT2D eigenvalue weighted by molar-refractivity contribution is 5.90. The number of benzene rings is 1. The Morgan fingerprint density at radius 1 is 1.08 bits per heavy atom. The zero-order valence-corrected chi connectivity index (χ0v) is 14.8. The lowest BCUT2D eigenvalue weighted by molar-refractivity contribution is -0.120. The first-order chi connectivity index (χ1) is 12.1. The Morgan fingerprint density at radius 2 is 1.84 bits per heavy atom. The molecule has 0 aliphatic heterocycles. The van der Waals surface area contributed by atoms with Gasteiger partial charge in [0.25, 0.3) is 0 Å². The van der Waals surface area contributed by atoms with Crippen molar-refractivity contribution in [2.24, 2.45) is 0 Å². The van der Waals surface area contributed by atoms with E-state index in [-0.39, 0.29) is 18.2 Å². The highest BCUT2D eigenvalue weighted by Crippen LogP contribution is 2.11. The van der Waals surface area contributed by atoms with Crippen LogP contribution in [0.25, 0.3) is 0 Å². The van der Waals surface area contributed by atoms with Crippen molar-refractivity contribution in [3.63, 3.8) is 0 Å². The second-order valence-corrected chi connectivity index (χ2v) is 5.89. The molecule has 0 fully saturated rings. The minimum atomic E-state index is -0.0752. The van der Waals surface area contributed by atoms with E-state index in [4.69, 9.17) is 0 Å². The van der Waals surface area contributed by atoms with Crippen LogP contribution >= 0.6 is 0 Å². The van der Waals surface area contributed by atoms with E-state index in [1.807, 2.05) is 35.8 Å². The first kappa shape index (κ1) is 18.6. The summed E-state index contributed by atoms with van der Waals surface area (Å²) in [6, 6.07) is 7.32. The van der Waals surface area contributed by atoms with Gasteiger partial charge in [-0.25, -0.2) is 0 Å². The summed E-state index contributed by atoms with van der Waals surface area (Å²) in [7, 11) is 0. The fourth-order valence-electron chi connectivity index (χ4n) is 2.43. The quantitative estimate of drug-likeness (QED) is 0.731. The van der Waals surface area contributed by atoms with E-state index < -0.39 is 0 Å². The molecule has 25 heavy (non-hydrogen) atoms. The predicted octanol–water partition coefficient (Wildman–Crippen LogP) is 2.29. The normalized spacial score (nSPS) is 10.5. The molecule has 0 saturated heterocycles. The molecular formula is C18H25N5O2. The molecule has 0 aliphatic rings. The SMILES string of the molecule is CCCC(=O)Nc1ccc(CC(=O)NCc2nncn2CCC)cc1. The molecular weight excluding hydrogens is 318 g/mol. The molecule has 1 aromatic heterocycles. The molecule has 2 N–H and O–H groups in total. The van der Waals surface area contributed by atoms with Gasteiger partial charge in [-0.15, -0.1) is 10.2 Å². The number of anilines is 1. The third-order valence-corrected chi connectivity index (χ3v) is 3.68. The molecule has 2 rings (SSSR count). The molecule has 1 aromatic carbocycles. The lowest BCUT2D eigenvalue weighted by Gasteiger charge is -2.08. The third kappa shape index (κ3) is 6.02. The molecule has 0 atom stereocenters. The van der Waals surface area contributed by atoms with Crippen LogP contribution in [-0.4, -0.2) is 26.6 Å². The maximum absolute atomic E-state index is 12.1. The molecule has 0 saturated carbocycles. The lowest BCUT2D eigenvalue weighted by Crippen LogP contribution is -2.26. The molecule has 0 unspecified atom stereocenters. The lowest BCUT2D eigenvalue weighted by atomic mass is 10.1. The Kier molecular flexibility index (Phi) is 7.13. The van der Waals surface area contributed by atoms with E-state index in [0.29, 0.717) is 13.0 Å². The highest BCUT2D eigenvalue weighted by atomic mass is 16.2. The zero-order valence-electron chi connectivity index (χ0n) is 14.8. The molecule has 2 aromatic rings. The van der Waals surface area contributed by atoms with Gasteiger partial charge in [0, 0.05) is 18.7 Å². The molecule has 0 aliphatic carbocycles. The van der Waals surface area contributed by atoms with Gasteiger partial charge in [-0.3, -0.25) is 9.59 Å². The van der Waals surface area contributed by atoms with E-state index >= 15 is 0 Å². The predicted molar refractivity (Wildman–Crippen MR) is 95.8 cm³/mol. The van der Waals surface area contributed by atoms with Crippen LogP contribution in [0.15, 0.2) is 30.6 Å². The Morgan fingerprint density at radius 3 is 2.52 bits per heavy atom. The number of nitrogens with one attached hydrogen (secondary N) is 2. The number of carbonyl (C=O) groups excluding carboxylic acids is 2. The smallest absolute Gasteiger partial charge is 0.224 e. The molecule has 2 amide bonds. The van der Waals surface area contributed by atoms with Crippen LogP contribution in [0.4, 0.5) is 5.69 Å². The van der Waals surface area contributed by atoms with Gasteiger partial charge < -0.3 is 15.2 Å². The summed E-state index contributed by atoms with van der Waals surface area (Å²) in [5, 5.41) is 13.6. The van der Waals surface area contributed by atoms with Crippen LogP contribution in [-0.2, 0) is 29.1 Å². The summed E-state index contributed by atoms with van der Waals surface area (Å²) in [6.45, 7) is 5.25. The van der Waals surface area contributed by atoms with Gasteiger partial charge in [-0.1, -0.05) is 26.0 Å².